The van der Waals surface area contributed by atoms with Gasteiger partial charge in [-0.3, -0.25) is 0 Å². The Labute approximate surface area is 185 Å². The molecule has 3 aromatic rings. The molecule has 1 aliphatic heterocycles. The van der Waals surface area contributed by atoms with Crippen molar-refractivity contribution in [3.63, 3.8) is 0 Å². The minimum atomic E-state index is -4.71. The predicted molar refractivity (Wildman–Crippen MR) is 114 cm³/mol. The highest BCUT2D eigenvalue weighted by molar-refractivity contribution is 7.90. The SMILES string of the molecule is CS(=O)(=O)c1csc(-c2nc(Nc3cc4c(cc3Cl)CCNC4)ncc2C(F)(F)F)c1. The maximum Gasteiger partial charge on any atom is 0.420 e. The Hall–Kier alpha value is -2.21. The lowest BCUT2D eigenvalue weighted by molar-refractivity contribution is -0.137. The Kier molecular flexibility index (Phi) is 5.71. The van der Waals surface area contributed by atoms with Gasteiger partial charge in [-0.05, 0) is 42.3 Å². The van der Waals surface area contributed by atoms with Gasteiger partial charge in [-0.15, -0.1) is 11.3 Å². The van der Waals surface area contributed by atoms with Crippen LogP contribution in [0.4, 0.5) is 24.8 Å². The summed E-state index contributed by atoms with van der Waals surface area (Å²) in [4.78, 5) is 7.86. The fourth-order valence-electron chi connectivity index (χ4n) is 3.19. The summed E-state index contributed by atoms with van der Waals surface area (Å²) in [6.45, 7) is 1.50. The fraction of sp³-hybridized carbons (Fsp3) is 0.263. The molecule has 12 heteroatoms. The van der Waals surface area contributed by atoms with Crippen LogP contribution in [0.3, 0.4) is 0 Å². The second-order valence-electron chi connectivity index (χ2n) is 7.03. The third-order valence-corrected chi connectivity index (χ3v) is 7.24. The molecule has 0 amide bonds. The summed E-state index contributed by atoms with van der Waals surface area (Å²) in [6.07, 6.45) is -2.21. The Balaban J connectivity index is 1.75. The molecule has 1 aliphatic rings. The van der Waals surface area contributed by atoms with E-state index in [2.05, 4.69) is 20.6 Å². The smallest absolute Gasteiger partial charge is 0.323 e. The van der Waals surface area contributed by atoms with Gasteiger partial charge >= 0.3 is 6.18 Å². The highest BCUT2D eigenvalue weighted by Gasteiger charge is 2.36. The first kappa shape index (κ1) is 22.0. The van der Waals surface area contributed by atoms with E-state index in [1.807, 2.05) is 12.1 Å². The summed E-state index contributed by atoms with van der Waals surface area (Å²) in [7, 11) is -3.56. The molecule has 6 nitrogen and oxygen atoms in total. The topological polar surface area (TPSA) is 84.0 Å². The summed E-state index contributed by atoms with van der Waals surface area (Å²) in [6, 6.07) is 4.82. The lowest BCUT2D eigenvalue weighted by atomic mass is 10.0. The van der Waals surface area contributed by atoms with Crippen LogP contribution in [0.25, 0.3) is 10.6 Å². The van der Waals surface area contributed by atoms with Gasteiger partial charge in [0.15, 0.2) is 9.84 Å². The van der Waals surface area contributed by atoms with Gasteiger partial charge in [-0.1, -0.05) is 11.6 Å². The number of nitrogens with zero attached hydrogens (tertiary/aromatic N) is 2. The van der Waals surface area contributed by atoms with Gasteiger partial charge in [0.05, 0.1) is 26.2 Å². The highest BCUT2D eigenvalue weighted by atomic mass is 35.5. The first-order valence-corrected chi connectivity index (χ1v) is 12.2. The molecule has 1 aromatic carbocycles. The molecule has 0 radical (unpaired) electrons. The molecule has 0 spiro atoms. The van der Waals surface area contributed by atoms with Gasteiger partial charge in [0.2, 0.25) is 5.95 Å². The molecule has 0 bridgehead atoms. The van der Waals surface area contributed by atoms with E-state index in [-0.39, 0.29) is 15.7 Å². The van der Waals surface area contributed by atoms with Crippen molar-refractivity contribution < 1.29 is 21.6 Å². The van der Waals surface area contributed by atoms with E-state index >= 15 is 0 Å². The van der Waals surface area contributed by atoms with Crippen molar-refractivity contribution in [3.05, 3.63) is 51.5 Å². The molecule has 0 atom stereocenters. The monoisotopic (exact) mass is 488 g/mol. The number of halogens is 4. The van der Waals surface area contributed by atoms with Gasteiger partial charge in [-0.25, -0.2) is 18.4 Å². The zero-order valence-corrected chi connectivity index (χ0v) is 18.4. The Morgan fingerprint density at radius 2 is 2.00 bits per heavy atom. The summed E-state index contributed by atoms with van der Waals surface area (Å²) in [5.74, 6) is -0.0806. The molecule has 2 N–H and O–H groups in total. The summed E-state index contributed by atoms with van der Waals surface area (Å²) in [5.41, 5.74) is 1.15. The number of nitrogens with one attached hydrogen (secondary N) is 2. The lowest BCUT2D eigenvalue weighted by Crippen LogP contribution is -2.23. The van der Waals surface area contributed by atoms with Crippen molar-refractivity contribution in [2.45, 2.75) is 24.0 Å². The quantitative estimate of drug-likeness (QED) is 0.555. The van der Waals surface area contributed by atoms with Crippen molar-refractivity contribution in [3.8, 4) is 10.6 Å². The van der Waals surface area contributed by atoms with Crippen LogP contribution >= 0.6 is 22.9 Å². The number of rotatable bonds is 4. The third kappa shape index (κ3) is 4.69. The standard InChI is InChI=1S/C19H16ClF3N4O2S2/c1-31(28,29)12-6-16(30-9-12)17-13(19(21,22)23)8-25-18(27-17)26-15-5-11-7-24-3-2-10(11)4-14(15)20/h4-6,8-9,24H,2-3,7H2,1H3,(H,25,26,27). The Morgan fingerprint density at radius 1 is 1.23 bits per heavy atom. The number of alkyl halides is 3. The number of sulfone groups is 1. The van der Waals surface area contributed by atoms with E-state index < -0.39 is 27.3 Å². The molecule has 0 aliphatic carbocycles. The number of hydrogen-bond acceptors (Lipinski definition) is 7. The average Bonchev–Trinajstić information content (AvgIpc) is 3.18. The number of aromatic nitrogens is 2. The fourth-order valence-corrected chi connectivity index (χ4v) is 5.45. The van der Waals surface area contributed by atoms with Crippen molar-refractivity contribution in [2.24, 2.45) is 0 Å². The van der Waals surface area contributed by atoms with Crippen LogP contribution in [0.15, 0.2) is 34.7 Å². The van der Waals surface area contributed by atoms with E-state index in [4.69, 9.17) is 11.6 Å². The number of fused-ring (bicyclic) bond motifs is 1. The van der Waals surface area contributed by atoms with Crippen LogP contribution < -0.4 is 10.6 Å². The van der Waals surface area contributed by atoms with E-state index in [1.54, 1.807) is 0 Å². The third-order valence-electron chi connectivity index (χ3n) is 4.75. The minimum absolute atomic E-state index is 0.0685. The molecule has 164 valence electrons. The average molecular weight is 489 g/mol. The second kappa shape index (κ2) is 8.05. The molecule has 4 rings (SSSR count). The molecule has 0 fully saturated rings. The van der Waals surface area contributed by atoms with Gasteiger partial charge in [0.25, 0.3) is 0 Å². The van der Waals surface area contributed by atoms with E-state index in [0.717, 1.165) is 41.7 Å². The van der Waals surface area contributed by atoms with Crippen molar-refractivity contribution in [1.82, 2.24) is 15.3 Å². The molecular formula is C19H16ClF3N4O2S2. The van der Waals surface area contributed by atoms with Crippen LogP contribution in [-0.4, -0.2) is 31.2 Å². The number of benzene rings is 1. The van der Waals surface area contributed by atoms with Crippen LogP contribution in [0.2, 0.25) is 5.02 Å². The first-order chi connectivity index (χ1) is 14.5. The largest absolute Gasteiger partial charge is 0.420 e. The van der Waals surface area contributed by atoms with Crippen LogP contribution in [0.1, 0.15) is 16.7 Å². The first-order valence-electron chi connectivity index (χ1n) is 9.04. The van der Waals surface area contributed by atoms with Gasteiger partial charge in [-0.2, -0.15) is 13.2 Å². The van der Waals surface area contributed by atoms with E-state index in [0.29, 0.717) is 23.5 Å². The van der Waals surface area contributed by atoms with Crippen LogP contribution in [0.5, 0.6) is 0 Å². The molecule has 0 saturated carbocycles. The Bertz CT molecular complexity index is 1260. The van der Waals surface area contributed by atoms with Gasteiger partial charge in [0, 0.05) is 24.4 Å². The van der Waals surface area contributed by atoms with Crippen molar-refractivity contribution in [2.75, 3.05) is 18.1 Å². The molecule has 3 heterocycles. The Morgan fingerprint density at radius 3 is 2.68 bits per heavy atom. The summed E-state index contributed by atoms with van der Waals surface area (Å²) >= 11 is 7.21. The maximum absolute atomic E-state index is 13.5. The number of anilines is 2. The predicted octanol–water partition coefficient (Wildman–Crippen LogP) is 4.67. The molecular weight excluding hydrogens is 473 g/mol. The normalized spacial score (nSPS) is 14.4. The second-order valence-corrected chi connectivity index (χ2v) is 10.4. The molecule has 2 aromatic heterocycles. The van der Waals surface area contributed by atoms with E-state index in [1.165, 1.54) is 11.4 Å². The van der Waals surface area contributed by atoms with Crippen LogP contribution in [0, 0.1) is 0 Å². The summed E-state index contributed by atoms with van der Waals surface area (Å²) < 4.78 is 64.1. The number of thiophene rings is 1. The van der Waals surface area contributed by atoms with Gasteiger partial charge < -0.3 is 10.6 Å². The van der Waals surface area contributed by atoms with Crippen molar-refractivity contribution >= 4 is 44.4 Å². The lowest BCUT2D eigenvalue weighted by Gasteiger charge is -2.19. The van der Waals surface area contributed by atoms with E-state index in [9.17, 15) is 21.6 Å². The van der Waals surface area contributed by atoms with Gasteiger partial charge in [0.1, 0.15) is 5.56 Å². The molecule has 0 unspecified atom stereocenters. The number of hydrogen-bond donors (Lipinski definition) is 2. The highest BCUT2D eigenvalue weighted by Crippen LogP contribution is 2.39. The van der Waals surface area contributed by atoms with Crippen LogP contribution in [-0.2, 0) is 29.0 Å². The molecule has 31 heavy (non-hydrogen) atoms. The molecule has 0 saturated heterocycles. The zero-order valence-electron chi connectivity index (χ0n) is 16.0. The minimum Gasteiger partial charge on any atom is -0.323 e. The summed E-state index contributed by atoms with van der Waals surface area (Å²) in [5, 5.41) is 7.82. The maximum atomic E-state index is 13.5. The van der Waals surface area contributed by atoms with Crippen molar-refractivity contribution in [1.29, 1.82) is 0 Å². The zero-order chi connectivity index (χ0) is 22.4.